The van der Waals surface area contributed by atoms with E-state index in [1.165, 1.54) is 43.5 Å². The second kappa shape index (κ2) is 10.2. The maximum Gasteiger partial charge on any atom is 0.350 e. The average molecular weight is 524 g/mol. The van der Waals surface area contributed by atoms with Crippen molar-refractivity contribution >= 4 is 45.6 Å². The number of ether oxygens (including phenoxy) is 2. The number of carbonyl (C=O) groups excluding carboxylic acids is 3. The summed E-state index contributed by atoms with van der Waals surface area (Å²) < 4.78 is 10.2. The van der Waals surface area contributed by atoms with Crippen LogP contribution in [0.2, 0.25) is 0 Å². The van der Waals surface area contributed by atoms with Crippen molar-refractivity contribution in [3.05, 3.63) is 85.9 Å². The van der Waals surface area contributed by atoms with Crippen molar-refractivity contribution in [2.24, 2.45) is 0 Å². The van der Waals surface area contributed by atoms with E-state index in [4.69, 9.17) is 9.47 Å². The van der Waals surface area contributed by atoms with Crippen LogP contribution in [0.1, 0.15) is 39.5 Å². The first-order chi connectivity index (χ1) is 17.7. The number of non-ortho nitro benzene ring substituents is 1. The Labute approximate surface area is 214 Å². The van der Waals surface area contributed by atoms with Crippen LogP contribution in [-0.2, 0) is 14.3 Å². The second-order valence-electron chi connectivity index (χ2n) is 7.88. The molecule has 1 aliphatic rings. The molecule has 1 N–H and O–H groups in total. The van der Waals surface area contributed by atoms with E-state index in [2.05, 4.69) is 4.98 Å². The largest absolute Gasteiger partial charge is 0.507 e. The number of ketones is 1. The van der Waals surface area contributed by atoms with E-state index in [0.717, 1.165) is 16.2 Å². The smallest absolute Gasteiger partial charge is 0.350 e. The minimum Gasteiger partial charge on any atom is -0.507 e. The number of aliphatic hydroxyl groups is 1. The zero-order chi connectivity index (χ0) is 26.9. The van der Waals surface area contributed by atoms with Crippen LogP contribution in [0.4, 0.5) is 10.8 Å². The van der Waals surface area contributed by atoms with Crippen LogP contribution in [-0.4, -0.2) is 46.4 Å². The third-order valence-electron chi connectivity index (χ3n) is 5.64. The molecular formula is C25H21N3O8S. The van der Waals surface area contributed by atoms with E-state index in [0.29, 0.717) is 5.75 Å². The predicted molar refractivity (Wildman–Crippen MR) is 134 cm³/mol. The van der Waals surface area contributed by atoms with Gasteiger partial charge in [-0.3, -0.25) is 24.6 Å². The van der Waals surface area contributed by atoms with Gasteiger partial charge in [-0.2, -0.15) is 0 Å². The Hall–Kier alpha value is -4.58. The SMILES string of the molecule is CCOC(=O)c1sc(N2C(=O)C(=O)C(=C(O)c3cccc(OC)c3)C2c2cccc([N+](=O)[O-])c2)nc1C. The van der Waals surface area contributed by atoms with Crippen LogP contribution in [0.3, 0.4) is 0 Å². The number of nitrogens with zero attached hydrogens (tertiary/aromatic N) is 3. The molecule has 0 bridgehead atoms. The number of anilines is 1. The molecule has 1 aliphatic heterocycles. The van der Waals surface area contributed by atoms with E-state index >= 15 is 0 Å². The number of methoxy groups -OCH3 is 1. The van der Waals surface area contributed by atoms with E-state index in [9.17, 15) is 29.6 Å². The maximum atomic E-state index is 13.3. The third-order valence-corrected chi connectivity index (χ3v) is 6.77. The molecule has 11 nitrogen and oxygen atoms in total. The van der Waals surface area contributed by atoms with Crippen molar-refractivity contribution in [1.82, 2.24) is 4.98 Å². The van der Waals surface area contributed by atoms with Gasteiger partial charge in [0.05, 0.1) is 35.9 Å². The fourth-order valence-electron chi connectivity index (χ4n) is 3.95. The molecule has 12 heteroatoms. The van der Waals surface area contributed by atoms with Gasteiger partial charge in [0.15, 0.2) is 5.13 Å². The molecule has 1 fully saturated rings. The lowest BCUT2D eigenvalue weighted by molar-refractivity contribution is -0.384. The molecule has 4 rings (SSSR count). The number of amides is 1. The lowest BCUT2D eigenvalue weighted by Crippen LogP contribution is -2.29. The Morgan fingerprint density at radius 3 is 2.62 bits per heavy atom. The fraction of sp³-hybridized carbons (Fsp3) is 0.200. The summed E-state index contributed by atoms with van der Waals surface area (Å²) in [6.45, 7) is 3.33. The van der Waals surface area contributed by atoms with Gasteiger partial charge < -0.3 is 14.6 Å². The highest BCUT2D eigenvalue weighted by atomic mass is 32.1. The molecular weight excluding hydrogens is 502 g/mol. The van der Waals surface area contributed by atoms with Gasteiger partial charge in [0.2, 0.25) is 0 Å². The van der Waals surface area contributed by atoms with Gasteiger partial charge >= 0.3 is 11.9 Å². The molecule has 1 aromatic heterocycles. The van der Waals surface area contributed by atoms with E-state index in [1.807, 2.05) is 0 Å². The second-order valence-corrected chi connectivity index (χ2v) is 8.86. The minimum absolute atomic E-state index is 0.00357. The monoisotopic (exact) mass is 523 g/mol. The summed E-state index contributed by atoms with van der Waals surface area (Å²) in [5.74, 6) is -2.74. The summed E-state index contributed by atoms with van der Waals surface area (Å²) >= 11 is 0.844. The summed E-state index contributed by atoms with van der Waals surface area (Å²) in [6.07, 6.45) is 0. The summed E-state index contributed by atoms with van der Waals surface area (Å²) in [6, 6.07) is 10.4. The Morgan fingerprint density at radius 1 is 1.22 bits per heavy atom. The molecule has 190 valence electrons. The van der Waals surface area contributed by atoms with Crippen LogP contribution in [0.5, 0.6) is 5.75 Å². The molecule has 1 unspecified atom stereocenters. The molecule has 37 heavy (non-hydrogen) atoms. The Bertz CT molecular complexity index is 1460. The van der Waals surface area contributed by atoms with Crippen molar-refractivity contribution in [3.8, 4) is 5.75 Å². The van der Waals surface area contributed by atoms with Crippen LogP contribution < -0.4 is 9.64 Å². The number of aromatic nitrogens is 1. The number of hydrogen-bond acceptors (Lipinski definition) is 10. The third kappa shape index (κ3) is 4.66. The summed E-state index contributed by atoms with van der Waals surface area (Å²) in [5.41, 5.74) is 0.126. The quantitative estimate of drug-likeness (QED) is 0.120. The number of nitro groups is 1. The number of nitro benzene ring substituents is 1. The van der Waals surface area contributed by atoms with Gasteiger partial charge in [-0.1, -0.05) is 35.6 Å². The molecule has 2 aromatic carbocycles. The Morgan fingerprint density at radius 2 is 1.95 bits per heavy atom. The number of hydrogen-bond donors (Lipinski definition) is 1. The number of carbonyl (C=O) groups is 3. The van der Waals surface area contributed by atoms with Crippen LogP contribution in [0.25, 0.3) is 5.76 Å². The molecule has 0 saturated carbocycles. The first kappa shape index (κ1) is 25.5. The highest BCUT2D eigenvalue weighted by molar-refractivity contribution is 7.17. The van der Waals surface area contributed by atoms with Crippen LogP contribution in [0, 0.1) is 17.0 Å². The van der Waals surface area contributed by atoms with Crippen LogP contribution in [0.15, 0.2) is 54.1 Å². The number of rotatable bonds is 7. The van der Waals surface area contributed by atoms with Crippen molar-refractivity contribution in [2.75, 3.05) is 18.6 Å². The Balaban J connectivity index is 1.95. The maximum absolute atomic E-state index is 13.3. The van der Waals surface area contributed by atoms with Crippen molar-refractivity contribution in [3.63, 3.8) is 0 Å². The number of benzene rings is 2. The fourth-order valence-corrected chi connectivity index (χ4v) is 4.94. The normalized spacial score (nSPS) is 16.6. The van der Waals surface area contributed by atoms with Gasteiger partial charge in [-0.15, -0.1) is 0 Å². The lowest BCUT2D eigenvalue weighted by atomic mass is 9.95. The summed E-state index contributed by atoms with van der Waals surface area (Å²) in [5, 5.41) is 22.7. The summed E-state index contributed by atoms with van der Waals surface area (Å²) in [4.78, 5) is 55.3. The molecule has 1 saturated heterocycles. The predicted octanol–water partition coefficient (Wildman–Crippen LogP) is 4.17. The lowest BCUT2D eigenvalue weighted by Gasteiger charge is -2.22. The molecule has 1 amide bonds. The van der Waals surface area contributed by atoms with Crippen LogP contribution >= 0.6 is 11.3 Å². The van der Waals surface area contributed by atoms with E-state index in [-0.39, 0.29) is 44.7 Å². The van der Waals surface area contributed by atoms with Gasteiger partial charge in [-0.25, -0.2) is 9.78 Å². The number of aliphatic hydroxyl groups excluding tert-OH is 1. The highest BCUT2D eigenvalue weighted by Crippen LogP contribution is 2.44. The number of thiazole rings is 1. The van der Waals surface area contributed by atoms with Gasteiger partial charge in [0, 0.05) is 17.7 Å². The van der Waals surface area contributed by atoms with Crippen molar-refractivity contribution in [1.29, 1.82) is 0 Å². The molecule has 1 atom stereocenters. The zero-order valence-electron chi connectivity index (χ0n) is 20.0. The van der Waals surface area contributed by atoms with Crippen molar-refractivity contribution < 1.29 is 33.9 Å². The Kier molecular flexibility index (Phi) is 7.02. The molecule has 0 spiro atoms. The number of esters is 1. The topological polar surface area (TPSA) is 149 Å². The van der Waals surface area contributed by atoms with Gasteiger partial charge in [-0.05, 0) is 31.5 Å². The number of aryl methyl sites for hydroxylation is 1. The first-order valence-electron chi connectivity index (χ1n) is 11.0. The standard InChI is InChI=1S/C25H21N3O8S/c1-4-36-24(32)22-13(2)26-25(37-22)27-19(14-7-5-9-16(11-14)28(33)34)18(21(30)23(27)31)20(29)15-8-6-10-17(12-15)35-3/h5-12,19,29H,4H2,1-3H3. The summed E-state index contributed by atoms with van der Waals surface area (Å²) in [7, 11) is 1.44. The molecule has 0 radical (unpaired) electrons. The van der Waals surface area contributed by atoms with Gasteiger partial charge in [0.1, 0.15) is 16.4 Å². The molecule has 3 aromatic rings. The highest BCUT2D eigenvalue weighted by Gasteiger charge is 2.48. The molecule has 0 aliphatic carbocycles. The zero-order valence-corrected chi connectivity index (χ0v) is 20.8. The minimum atomic E-state index is -1.26. The first-order valence-corrected chi connectivity index (χ1v) is 11.8. The van der Waals surface area contributed by atoms with E-state index in [1.54, 1.807) is 26.0 Å². The molecule has 2 heterocycles. The number of Topliss-reactive ketones (excluding diaryl/α,β-unsaturated/α-hetero) is 1. The van der Waals surface area contributed by atoms with Crippen molar-refractivity contribution in [2.45, 2.75) is 19.9 Å². The van der Waals surface area contributed by atoms with E-state index < -0.39 is 34.4 Å². The van der Waals surface area contributed by atoms with Gasteiger partial charge in [0.25, 0.3) is 11.5 Å². The average Bonchev–Trinajstić information content (AvgIpc) is 3.40.